The Balaban J connectivity index is 2.28. The van der Waals surface area contributed by atoms with E-state index < -0.39 is 0 Å². The number of thioether (sulfide) groups is 2. The zero-order chi connectivity index (χ0) is 10.7. The van der Waals surface area contributed by atoms with Gasteiger partial charge < -0.3 is 0 Å². The minimum Gasteiger partial charge on any atom is -0.279 e. The normalized spacial score (nSPS) is 18.3. The monoisotopic (exact) mass is 235 g/mol. The highest BCUT2D eigenvalue weighted by Gasteiger charge is 2.20. The summed E-state index contributed by atoms with van der Waals surface area (Å²) >= 11 is 2.70. The standard InChI is InChI=1S/C11H9NOS2/c1-14-11-12-9(10(13)15-11)7-8-5-3-2-4-6-8/h2-7H,1H3. The molecule has 4 heteroatoms. The summed E-state index contributed by atoms with van der Waals surface area (Å²) in [6.45, 7) is 0. The van der Waals surface area contributed by atoms with Gasteiger partial charge in [0.05, 0.1) is 0 Å². The second kappa shape index (κ2) is 4.68. The third kappa shape index (κ3) is 2.52. The molecule has 76 valence electrons. The molecular formula is C11H9NOS2. The molecule has 0 saturated heterocycles. The van der Waals surface area contributed by atoms with Crippen molar-refractivity contribution in [3.63, 3.8) is 0 Å². The Morgan fingerprint density at radius 2 is 2.07 bits per heavy atom. The maximum atomic E-state index is 11.5. The number of carbonyl (C=O) groups excluding carboxylic acids is 1. The first-order valence-electron chi connectivity index (χ1n) is 4.41. The molecule has 1 aromatic rings. The summed E-state index contributed by atoms with van der Waals surface area (Å²) in [6.07, 6.45) is 3.74. The maximum Gasteiger partial charge on any atom is 0.244 e. The fourth-order valence-electron chi connectivity index (χ4n) is 1.18. The van der Waals surface area contributed by atoms with Crippen LogP contribution in [0.25, 0.3) is 6.08 Å². The number of aliphatic imine (C=N–C) groups is 1. The van der Waals surface area contributed by atoms with E-state index in [-0.39, 0.29) is 5.12 Å². The van der Waals surface area contributed by atoms with Gasteiger partial charge in [-0.2, -0.15) is 0 Å². The molecule has 0 bridgehead atoms. The van der Waals surface area contributed by atoms with E-state index in [1.165, 1.54) is 23.5 Å². The molecule has 2 nitrogen and oxygen atoms in total. The van der Waals surface area contributed by atoms with Crippen molar-refractivity contribution in [2.75, 3.05) is 6.26 Å². The lowest BCUT2D eigenvalue weighted by molar-refractivity contribution is -0.107. The Kier molecular flexibility index (Phi) is 3.28. The topological polar surface area (TPSA) is 29.4 Å². The van der Waals surface area contributed by atoms with E-state index in [4.69, 9.17) is 0 Å². The Hall–Kier alpha value is -1.000. The summed E-state index contributed by atoms with van der Waals surface area (Å²) in [6, 6.07) is 9.75. The molecule has 1 aliphatic heterocycles. The molecule has 0 amide bonds. The lowest BCUT2D eigenvalue weighted by atomic mass is 10.2. The van der Waals surface area contributed by atoms with E-state index in [2.05, 4.69) is 4.99 Å². The van der Waals surface area contributed by atoms with Crippen LogP contribution in [0.4, 0.5) is 0 Å². The largest absolute Gasteiger partial charge is 0.279 e. The number of nitrogens with zero attached hydrogens (tertiary/aromatic N) is 1. The van der Waals surface area contributed by atoms with Crippen molar-refractivity contribution < 1.29 is 4.79 Å². The fourth-order valence-corrected chi connectivity index (χ4v) is 2.45. The molecule has 0 spiro atoms. The average Bonchev–Trinajstić information content (AvgIpc) is 2.61. The minimum absolute atomic E-state index is 0.0307. The summed E-state index contributed by atoms with van der Waals surface area (Å²) in [5, 5.41) is 0.0307. The summed E-state index contributed by atoms with van der Waals surface area (Å²) in [7, 11) is 0. The molecule has 1 aromatic carbocycles. The Labute approximate surface area is 96.9 Å². The van der Waals surface area contributed by atoms with Crippen molar-refractivity contribution in [3.8, 4) is 0 Å². The molecular weight excluding hydrogens is 226 g/mol. The highest BCUT2D eigenvalue weighted by Crippen LogP contribution is 2.29. The maximum absolute atomic E-state index is 11.5. The van der Waals surface area contributed by atoms with Gasteiger partial charge in [0.1, 0.15) is 10.1 Å². The van der Waals surface area contributed by atoms with Crippen molar-refractivity contribution in [3.05, 3.63) is 41.6 Å². The highest BCUT2D eigenvalue weighted by molar-refractivity contribution is 8.45. The molecule has 0 fully saturated rings. The highest BCUT2D eigenvalue weighted by atomic mass is 32.2. The Morgan fingerprint density at radius 3 is 2.67 bits per heavy atom. The van der Waals surface area contributed by atoms with Gasteiger partial charge in [-0.05, 0) is 29.7 Å². The second-order valence-corrected chi connectivity index (χ2v) is 4.93. The number of carbonyl (C=O) groups is 1. The smallest absolute Gasteiger partial charge is 0.244 e. The average molecular weight is 235 g/mol. The van der Waals surface area contributed by atoms with Gasteiger partial charge in [-0.25, -0.2) is 4.99 Å². The lowest BCUT2D eigenvalue weighted by Crippen LogP contribution is -1.87. The number of benzene rings is 1. The minimum atomic E-state index is 0.0307. The Bertz CT molecular complexity index is 437. The molecule has 1 heterocycles. The number of hydrogen-bond donors (Lipinski definition) is 0. The van der Waals surface area contributed by atoms with Gasteiger partial charge in [-0.3, -0.25) is 4.79 Å². The van der Waals surface area contributed by atoms with Crippen LogP contribution >= 0.6 is 23.5 Å². The van der Waals surface area contributed by atoms with Crippen molar-refractivity contribution >= 4 is 39.1 Å². The van der Waals surface area contributed by atoms with Crippen LogP contribution in [-0.2, 0) is 4.79 Å². The summed E-state index contributed by atoms with van der Waals surface area (Å²) in [5.41, 5.74) is 1.54. The quantitative estimate of drug-likeness (QED) is 0.701. The van der Waals surface area contributed by atoms with Gasteiger partial charge in [0, 0.05) is 0 Å². The van der Waals surface area contributed by atoms with Gasteiger partial charge in [-0.1, -0.05) is 30.3 Å². The summed E-state index contributed by atoms with van der Waals surface area (Å²) < 4.78 is 0.821. The van der Waals surface area contributed by atoms with E-state index in [1.54, 1.807) is 0 Å². The molecule has 2 rings (SSSR count). The van der Waals surface area contributed by atoms with Gasteiger partial charge in [-0.15, -0.1) is 11.8 Å². The van der Waals surface area contributed by atoms with Crippen molar-refractivity contribution in [2.24, 2.45) is 4.99 Å². The van der Waals surface area contributed by atoms with Gasteiger partial charge >= 0.3 is 0 Å². The van der Waals surface area contributed by atoms with Crippen LogP contribution in [0.3, 0.4) is 0 Å². The van der Waals surface area contributed by atoms with Crippen molar-refractivity contribution in [1.29, 1.82) is 0 Å². The predicted molar refractivity (Wildman–Crippen MR) is 68.0 cm³/mol. The molecule has 0 aromatic heterocycles. The van der Waals surface area contributed by atoms with Crippen molar-refractivity contribution in [2.45, 2.75) is 0 Å². The molecule has 0 radical (unpaired) electrons. The van der Waals surface area contributed by atoms with Gasteiger partial charge in [0.15, 0.2) is 0 Å². The molecule has 0 unspecified atom stereocenters. The van der Waals surface area contributed by atoms with E-state index in [0.29, 0.717) is 5.70 Å². The molecule has 1 aliphatic rings. The van der Waals surface area contributed by atoms with E-state index in [0.717, 1.165) is 9.94 Å². The van der Waals surface area contributed by atoms with Crippen LogP contribution in [0, 0.1) is 0 Å². The van der Waals surface area contributed by atoms with Crippen LogP contribution in [0.2, 0.25) is 0 Å². The number of rotatable bonds is 1. The van der Waals surface area contributed by atoms with E-state index in [1.807, 2.05) is 42.7 Å². The SMILES string of the molecule is CSC1=NC(=Cc2ccccc2)C(=O)S1. The predicted octanol–water partition coefficient (Wildman–Crippen LogP) is 3.02. The molecule has 15 heavy (non-hydrogen) atoms. The molecule has 0 saturated carbocycles. The van der Waals surface area contributed by atoms with Crippen LogP contribution < -0.4 is 0 Å². The summed E-state index contributed by atoms with van der Waals surface area (Å²) in [5.74, 6) is 0. The number of hydrogen-bond acceptors (Lipinski definition) is 4. The van der Waals surface area contributed by atoms with Crippen LogP contribution in [-0.4, -0.2) is 15.7 Å². The third-order valence-corrected chi connectivity index (χ3v) is 3.73. The van der Waals surface area contributed by atoms with Crippen LogP contribution in [0.5, 0.6) is 0 Å². The Morgan fingerprint density at radius 1 is 1.33 bits per heavy atom. The first-order chi connectivity index (χ1) is 7.29. The third-order valence-electron chi connectivity index (χ3n) is 1.88. The van der Waals surface area contributed by atoms with E-state index in [9.17, 15) is 4.79 Å². The fraction of sp³-hybridized carbons (Fsp3) is 0.0909. The molecule has 0 aliphatic carbocycles. The van der Waals surface area contributed by atoms with Gasteiger partial charge in [0.25, 0.3) is 0 Å². The first-order valence-corrected chi connectivity index (χ1v) is 6.45. The lowest BCUT2D eigenvalue weighted by Gasteiger charge is -1.92. The van der Waals surface area contributed by atoms with Crippen LogP contribution in [0.15, 0.2) is 41.0 Å². The van der Waals surface area contributed by atoms with Crippen LogP contribution in [0.1, 0.15) is 5.56 Å². The summed E-state index contributed by atoms with van der Waals surface area (Å²) in [4.78, 5) is 15.8. The first kappa shape index (κ1) is 10.5. The molecule has 0 N–H and O–H groups in total. The van der Waals surface area contributed by atoms with Gasteiger partial charge in [0.2, 0.25) is 5.12 Å². The molecule has 0 atom stereocenters. The second-order valence-electron chi connectivity index (χ2n) is 2.91. The zero-order valence-electron chi connectivity index (χ0n) is 8.14. The zero-order valence-corrected chi connectivity index (χ0v) is 9.77. The van der Waals surface area contributed by atoms with Crippen molar-refractivity contribution in [1.82, 2.24) is 0 Å². The van der Waals surface area contributed by atoms with E-state index >= 15 is 0 Å².